The molecule has 0 saturated carbocycles. The first-order valence-corrected chi connectivity index (χ1v) is 11.1. The van der Waals surface area contributed by atoms with Gasteiger partial charge < -0.3 is 19.6 Å². The van der Waals surface area contributed by atoms with Crippen LogP contribution in [0.4, 0.5) is 4.79 Å². The monoisotopic (exact) mass is 411 g/mol. The minimum absolute atomic E-state index is 0.000870. The van der Waals surface area contributed by atoms with Gasteiger partial charge in [-0.05, 0) is 43.2 Å². The van der Waals surface area contributed by atoms with Crippen LogP contribution in [-0.4, -0.2) is 94.3 Å². The summed E-state index contributed by atoms with van der Waals surface area (Å²) >= 11 is 0. The van der Waals surface area contributed by atoms with Gasteiger partial charge in [-0.1, -0.05) is 0 Å². The summed E-state index contributed by atoms with van der Waals surface area (Å²) < 4.78 is 0. The van der Waals surface area contributed by atoms with Crippen LogP contribution in [-0.2, 0) is 4.79 Å². The van der Waals surface area contributed by atoms with Gasteiger partial charge in [0.2, 0.25) is 5.91 Å². The average Bonchev–Trinajstić information content (AvgIpc) is 2.79. The lowest BCUT2D eigenvalue weighted by Crippen LogP contribution is -2.63. The molecule has 4 fully saturated rings. The van der Waals surface area contributed by atoms with E-state index in [-0.39, 0.29) is 11.9 Å². The highest BCUT2D eigenvalue weighted by Gasteiger charge is 2.45. The summed E-state index contributed by atoms with van der Waals surface area (Å²) in [5.41, 5.74) is 0.639. The van der Waals surface area contributed by atoms with Gasteiger partial charge in [0, 0.05) is 76.2 Å². The van der Waals surface area contributed by atoms with Gasteiger partial charge in [-0.25, -0.2) is 4.79 Å². The lowest BCUT2D eigenvalue weighted by atomic mass is 9.76. The summed E-state index contributed by atoms with van der Waals surface area (Å²) in [6, 6.07) is 3.86. The molecule has 0 aromatic carbocycles. The van der Waals surface area contributed by atoms with E-state index in [0.717, 1.165) is 38.9 Å². The number of amides is 4. The smallest absolute Gasteiger partial charge is 0.320 e. The fraction of sp³-hybridized carbons (Fsp3) is 0.636. The Bertz CT molecular complexity index is 823. The Morgan fingerprint density at radius 1 is 0.933 bits per heavy atom. The van der Waals surface area contributed by atoms with Crippen LogP contribution in [0.15, 0.2) is 24.5 Å². The number of hydrogen-bond donors (Lipinski definition) is 0. The molecule has 4 aliphatic heterocycles. The summed E-state index contributed by atoms with van der Waals surface area (Å²) in [5, 5.41) is 0. The number of carbonyl (C=O) groups excluding carboxylic acids is 3. The van der Waals surface area contributed by atoms with Gasteiger partial charge in [0.25, 0.3) is 5.91 Å². The number of pyridine rings is 1. The topological polar surface area (TPSA) is 77.1 Å². The van der Waals surface area contributed by atoms with Crippen LogP contribution in [0.2, 0.25) is 0 Å². The van der Waals surface area contributed by atoms with Gasteiger partial charge >= 0.3 is 6.03 Å². The largest absolute Gasteiger partial charge is 0.339 e. The van der Waals surface area contributed by atoms with Gasteiger partial charge in [0.15, 0.2) is 0 Å². The number of urea groups is 1. The van der Waals surface area contributed by atoms with Crippen molar-refractivity contribution in [1.29, 1.82) is 0 Å². The first kappa shape index (κ1) is 19.3. The van der Waals surface area contributed by atoms with E-state index >= 15 is 0 Å². The van der Waals surface area contributed by atoms with E-state index in [1.165, 1.54) is 0 Å². The minimum atomic E-state index is -0.000870. The van der Waals surface area contributed by atoms with E-state index in [2.05, 4.69) is 9.88 Å². The Kier molecular flexibility index (Phi) is 5.08. The number of hydrogen-bond acceptors (Lipinski definition) is 4. The van der Waals surface area contributed by atoms with Crippen molar-refractivity contribution in [3.05, 3.63) is 30.1 Å². The zero-order valence-electron chi connectivity index (χ0n) is 17.3. The molecule has 4 saturated heterocycles. The number of nitrogens with zero attached hydrogens (tertiary/aromatic N) is 5. The van der Waals surface area contributed by atoms with Gasteiger partial charge in [-0.3, -0.25) is 14.6 Å². The van der Waals surface area contributed by atoms with E-state index in [1.807, 2.05) is 14.7 Å². The number of aromatic nitrogens is 1. The second kappa shape index (κ2) is 7.89. The molecule has 0 radical (unpaired) electrons. The molecule has 30 heavy (non-hydrogen) atoms. The molecule has 5 heterocycles. The highest BCUT2D eigenvalue weighted by atomic mass is 16.2. The second-order valence-electron chi connectivity index (χ2n) is 9.07. The van der Waals surface area contributed by atoms with Crippen molar-refractivity contribution in [1.82, 2.24) is 24.6 Å². The lowest BCUT2D eigenvalue weighted by molar-refractivity contribution is -0.144. The van der Waals surface area contributed by atoms with Crippen LogP contribution < -0.4 is 0 Å². The second-order valence-corrected chi connectivity index (χ2v) is 9.07. The van der Waals surface area contributed by atoms with E-state index < -0.39 is 0 Å². The van der Waals surface area contributed by atoms with Crippen LogP contribution in [0.1, 0.15) is 36.0 Å². The molecular weight excluding hydrogens is 382 g/mol. The standard InChI is InChI=1S/C22H29N5O3/c28-20-3-1-2-19-18-12-16(14-27(19)20)13-26(15-18)22(30)25-10-8-24(9-11-25)21(29)17-4-6-23-7-5-17/h4-7,16,18-19H,1-3,8-15H2/t16?,18?,19-/m1/s1. The van der Waals surface area contributed by atoms with Crippen LogP contribution >= 0.6 is 0 Å². The Labute approximate surface area is 176 Å². The van der Waals surface area contributed by atoms with Crippen molar-refractivity contribution < 1.29 is 14.4 Å². The Hall–Kier alpha value is -2.64. The average molecular weight is 412 g/mol. The molecule has 3 atom stereocenters. The Morgan fingerprint density at radius 3 is 2.43 bits per heavy atom. The Morgan fingerprint density at radius 2 is 1.67 bits per heavy atom. The van der Waals surface area contributed by atoms with E-state index in [4.69, 9.17) is 0 Å². The van der Waals surface area contributed by atoms with Crippen molar-refractivity contribution in [3.63, 3.8) is 0 Å². The quantitative estimate of drug-likeness (QED) is 0.698. The van der Waals surface area contributed by atoms with Crippen molar-refractivity contribution in [2.24, 2.45) is 11.8 Å². The fourth-order valence-corrected chi connectivity index (χ4v) is 5.74. The third-order valence-electron chi connectivity index (χ3n) is 7.22. The molecule has 2 unspecified atom stereocenters. The van der Waals surface area contributed by atoms with Crippen molar-refractivity contribution >= 4 is 17.8 Å². The Balaban J connectivity index is 1.19. The molecule has 0 spiro atoms. The highest BCUT2D eigenvalue weighted by molar-refractivity contribution is 5.94. The fourth-order valence-electron chi connectivity index (χ4n) is 5.74. The van der Waals surface area contributed by atoms with Gasteiger partial charge in [-0.15, -0.1) is 0 Å². The molecule has 0 aliphatic carbocycles. The predicted octanol–water partition coefficient (Wildman–Crippen LogP) is 1.29. The number of carbonyl (C=O) groups is 3. The molecule has 0 N–H and O–H groups in total. The molecule has 1 aromatic rings. The van der Waals surface area contributed by atoms with Crippen LogP contribution in [0, 0.1) is 11.8 Å². The summed E-state index contributed by atoms with van der Waals surface area (Å²) in [4.78, 5) is 49.9. The highest BCUT2D eigenvalue weighted by Crippen LogP contribution is 2.38. The van der Waals surface area contributed by atoms with Crippen molar-refractivity contribution in [2.45, 2.75) is 31.7 Å². The van der Waals surface area contributed by atoms with Crippen LogP contribution in [0.25, 0.3) is 0 Å². The molecule has 4 amide bonds. The van der Waals surface area contributed by atoms with E-state index in [9.17, 15) is 14.4 Å². The molecule has 8 nitrogen and oxygen atoms in total. The van der Waals surface area contributed by atoms with Gasteiger partial charge in [-0.2, -0.15) is 0 Å². The number of likely N-dealkylation sites (tertiary alicyclic amines) is 1. The first-order valence-electron chi connectivity index (χ1n) is 11.1. The maximum absolute atomic E-state index is 13.2. The SMILES string of the molecule is O=C(c1ccncc1)N1CCN(C(=O)N2CC3CC(C2)[C@H]2CCCC(=O)N2C3)CC1. The van der Waals surface area contributed by atoms with Crippen LogP contribution in [0.5, 0.6) is 0 Å². The zero-order chi connectivity index (χ0) is 20.7. The number of rotatable bonds is 1. The zero-order valence-corrected chi connectivity index (χ0v) is 17.3. The number of piperidine rings is 3. The number of piperazine rings is 1. The molecule has 4 aliphatic rings. The van der Waals surface area contributed by atoms with Gasteiger partial charge in [0.05, 0.1) is 0 Å². The lowest BCUT2D eigenvalue weighted by Gasteiger charge is -2.53. The third kappa shape index (κ3) is 3.52. The number of fused-ring (bicyclic) bond motifs is 4. The van der Waals surface area contributed by atoms with Crippen molar-refractivity contribution in [2.75, 3.05) is 45.8 Å². The van der Waals surface area contributed by atoms with Gasteiger partial charge in [0.1, 0.15) is 0 Å². The molecule has 8 heteroatoms. The maximum atomic E-state index is 13.2. The van der Waals surface area contributed by atoms with E-state index in [0.29, 0.717) is 61.9 Å². The summed E-state index contributed by atoms with van der Waals surface area (Å²) in [7, 11) is 0. The van der Waals surface area contributed by atoms with Crippen LogP contribution in [0.3, 0.4) is 0 Å². The molecule has 5 rings (SSSR count). The summed E-state index contributed by atoms with van der Waals surface area (Å²) in [5.74, 6) is 1.09. The molecule has 2 bridgehead atoms. The summed E-state index contributed by atoms with van der Waals surface area (Å²) in [6.07, 6.45) is 7.11. The third-order valence-corrected chi connectivity index (χ3v) is 7.22. The normalized spacial score (nSPS) is 28.9. The molecular formula is C22H29N5O3. The predicted molar refractivity (Wildman–Crippen MR) is 110 cm³/mol. The van der Waals surface area contributed by atoms with E-state index in [1.54, 1.807) is 24.5 Å². The molecule has 1 aromatic heterocycles. The first-order chi connectivity index (χ1) is 14.6. The molecule has 160 valence electrons. The maximum Gasteiger partial charge on any atom is 0.320 e. The minimum Gasteiger partial charge on any atom is -0.339 e. The summed E-state index contributed by atoms with van der Waals surface area (Å²) in [6.45, 7) is 4.53. The van der Waals surface area contributed by atoms with Crippen molar-refractivity contribution in [3.8, 4) is 0 Å².